The van der Waals surface area contributed by atoms with Gasteiger partial charge in [-0.05, 0) is 76.2 Å². The molecule has 0 aliphatic rings. The van der Waals surface area contributed by atoms with E-state index < -0.39 is 0 Å². The highest BCUT2D eigenvalue weighted by Gasteiger charge is 2.13. The van der Waals surface area contributed by atoms with Gasteiger partial charge in [0.1, 0.15) is 5.75 Å². The van der Waals surface area contributed by atoms with Crippen molar-refractivity contribution in [2.75, 3.05) is 6.61 Å². The average Bonchev–Trinajstić information content (AvgIpc) is 2.25. The van der Waals surface area contributed by atoms with E-state index in [1.54, 1.807) is 0 Å². The number of rotatable bonds is 5. The first kappa shape index (κ1) is 15.0. The molecule has 0 bridgehead atoms. The lowest BCUT2D eigenvalue weighted by atomic mass is 10.3. The van der Waals surface area contributed by atoms with Gasteiger partial charge in [-0.25, -0.2) is 0 Å². The fraction of sp³-hybridized carbons (Fsp3) is 0.455. The summed E-state index contributed by atoms with van der Waals surface area (Å²) in [6.45, 7) is 2.93. The van der Waals surface area contributed by atoms with Crippen LogP contribution in [0.4, 0.5) is 0 Å². The summed E-state index contributed by atoms with van der Waals surface area (Å²) in [5.74, 6) is 0.853. The predicted molar refractivity (Wildman–Crippen MR) is 82.3 cm³/mol. The molecule has 0 saturated heterocycles. The number of halogens is 4. The van der Waals surface area contributed by atoms with Crippen LogP contribution in [0.15, 0.2) is 24.0 Å². The molecule has 0 saturated carbocycles. The predicted octanol–water partition coefficient (Wildman–Crippen LogP) is 6.31. The topological polar surface area (TPSA) is 9.23 Å². The SMILES string of the molecule is CCCCCOc1c(Br)cc(Br)c(Br)c1Br. The third kappa shape index (κ3) is 4.00. The second-order valence-electron chi connectivity index (χ2n) is 3.35. The Kier molecular flexibility index (Phi) is 6.93. The first-order chi connectivity index (χ1) is 7.57. The molecule has 0 fully saturated rings. The summed E-state index contributed by atoms with van der Waals surface area (Å²) >= 11 is 14.0. The Morgan fingerprint density at radius 2 is 1.69 bits per heavy atom. The van der Waals surface area contributed by atoms with Gasteiger partial charge in [0.15, 0.2) is 0 Å². The molecule has 90 valence electrons. The molecule has 0 atom stereocenters. The molecule has 1 nitrogen and oxygen atoms in total. The molecule has 0 aromatic heterocycles. The highest BCUT2D eigenvalue weighted by molar-refractivity contribution is 9.14. The van der Waals surface area contributed by atoms with Crippen molar-refractivity contribution < 1.29 is 4.74 Å². The molecule has 1 rings (SSSR count). The van der Waals surface area contributed by atoms with Crippen molar-refractivity contribution in [2.45, 2.75) is 26.2 Å². The Bertz CT molecular complexity index is 365. The van der Waals surface area contributed by atoms with Gasteiger partial charge < -0.3 is 4.74 Å². The average molecular weight is 480 g/mol. The van der Waals surface area contributed by atoms with E-state index in [4.69, 9.17) is 4.74 Å². The highest BCUT2D eigenvalue weighted by atomic mass is 79.9. The molecular weight excluding hydrogens is 468 g/mol. The molecule has 0 radical (unpaired) electrons. The van der Waals surface area contributed by atoms with Crippen LogP contribution in [0.2, 0.25) is 0 Å². The van der Waals surface area contributed by atoms with E-state index in [0.29, 0.717) is 0 Å². The van der Waals surface area contributed by atoms with E-state index in [2.05, 4.69) is 70.6 Å². The van der Waals surface area contributed by atoms with Gasteiger partial charge in [-0.15, -0.1) is 0 Å². The Balaban J connectivity index is 2.76. The Morgan fingerprint density at radius 3 is 2.31 bits per heavy atom. The third-order valence-corrected chi connectivity index (χ3v) is 5.93. The van der Waals surface area contributed by atoms with Crippen LogP contribution in [-0.4, -0.2) is 6.61 Å². The fourth-order valence-electron chi connectivity index (χ4n) is 1.21. The lowest BCUT2D eigenvalue weighted by Crippen LogP contribution is -1.99. The Hall–Kier alpha value is 0.940. The van der Waals surface area contributed by atoms with Crippen molar-refractivity contribution in [1.82, 2.24) is 0 Å². The van der Waals surface area contributed by atoms with Crippen molar-refractivity contribution >= 4 is 63.7 Å². The third-order valence-electron chi connectivity index (χ3n) is 2.07. The zero-order valence-corrected chi connectivity index (χ0v) is 15.2. The van der Waals surface area contributed by atoms with Gasteiger partial charge in [0.25, 0.3) is 0 Å². The van der Waals surface area contributed by atoms with E-state index in [9.17, 15) is 0 Å². The van der Waals surface area contributed by atoms with Crippen LogP contribution in [0.3, 0.4) is 0 Å². The second kappa shape index (κ2) is 7.39. The quantitative estimate of drug-likeness (QED) is 0.273. The summed E-state index contributed by atoms with van der Waals surface area (Å²) in [5, 5.41) is 0. The summed E-state index contributed by atoms with van der Waals surface area (Å²) in [4.78, 5) is 0. The van der Waals surface area contributed by atoms with Crippen molar-refractivity contribution in [3.63, 3.8) is 0 Å². The highest BCUT2D eigenvalue weighted by Crippen LogP contribution is 2.43. The summed E-state index contributed by atoms with van der Waals surface area (Å²) in [5.41, 5.74) is 0. The monoisotopic (exact) mass is 476 g/mol. The molecule has 0 spiro atoms. The van der Waals surface area contributed by atoms with Gasteiger partial charge in [0, 0.05) is 8.95 Å². The van der Waals surface area contributed by atoms with Crippen LogP contribution in [0.5, 0.6) is 5.75 Å². The minimum absolute atomic E-state index is 0.749. The molecule has 0 aliphatic heterocycles. The van der Waals surface area contributed by atoms with Gasteiger partial charge in [-0.1, -0.05) is 19.8 Å². The number of hydrogen-bond donors (Lipinski definition) is 0. The minimum Gasteiger partial charge on any atom is -0.491 e. The van der Waals surface area contributed by atoms with Crippen LogP contribution in [0.25, 0.3) is 0 Å². The summed E-state index contributed by atoms with van der Waals surface area (Å²) in [6.07, 6.45) is 3.49. The maximum Gasteiger partial charge on any atom is 0.148 e. The van der Waals surface area contributed by atoms with Gasteiger partial charge in [-0.3, -0.25) is 0 Å². The molecule has 5 heteroatoms. The van der Waals surface area contributed by atoms with Crippen molar-refractivity contribution in [1.29, 1.82) is 0 Å². The first-order valence-electron chi connectivity index (χ1n) is 5.03. The van der Waals surface area contributed by atoms with Gasteiger partial charge in [0.05, 0.1) is 15.6 Å². The van der Waals surface area contributed by atoms with E-state index in [1.165, 1.54) is 12.8 Å². The molecular formula is C11H12Br4O. The standard InChI is InChI=1S/C11H12Br4O/c1-2-3-4-5-16-11-8(13)6-7(12)9(14)10(11)15/h6H,2-5H2,1H3. The normalized spacial score (nSPS) is 10.6. The molecule has 0 amide bonds. The number of ether oxygens (including phenoxy) is 1. The molecule has 0 unspecified atom stereocenters. The van der Waals surface area contributed by atoms with E-state index in [0.717, 1.165) is 36.7 Å². The lowest BCUT2D eigenvalue weighted by molar-refractivity contribution is 0.302. The van der Waals surface area contributed by atoms with Gasteiger partial charge >= 0.3 is 0 Å². The van der Waals surface area contributed by atoms with E-state index >= 15 is 0 Å². The Labute approximate surface area is 130 Å². The van der Waals surface area contributed by atoms with Crippen molar-refractivity contribution in [3.05, 3.63) is 24.0 Å². The zero-order chi connectivity index (χ0) is 12.1. The van der Waals surface area contributed by atoms with E-state index in [-0.39, 0.29) is 0 Å². The maximum atomic E-state index is 5.76. The summed E-state index contributed by atoms with van der Waals surface area (Å²) in [7, 11) is 0. The van der Waals surface area contributed by atoms with Crippen LogP contribution >= 0.6 is 63.7 Å². The summed E-state index contributed by atoms with van der Waals surface area (Å²) in [6, 6.07) is 1.98. The van der Waals surface area contributed by atoms with E-state index in [1.807, 2.05) is 6.07 Å². The fourth-order valence-corrected chi connectivity index (χ4v) is 3.85. The van der Waals surface area contributed by atoms with Crippen LogP contribution in [-0.2, 0) is 0 Å². The molecule has 0 aliphatic carbocycles. The van der Waals surface area contributed by atoms with Gasteiger partial charge in [-0.2, -0.15) is 0 Å². The molecule has 0 N–H and O–H groups in total. The minimum atomic E-state index is 0.749. The smallest absolute Gasteiger partial charge is 0.148 e. The van der Waals surface area contributed by atoms with Crippen LogP contribution < -0.4 is 4.74 Å². The summed E-state index contributed by atoms with van der Waals surface area (Å²) < 4.78 is 9.61. The molecule has 1 aromatic carbocycles. The maximum absolute atomic E-state index is 5.76. The Morgan fingerprint density at radius 1 is 1.00 bits per heavy atom. The zero-order valence-electron chi connectivity index (χ0n) is 8.83. The van der Waals surface area contributed by atoms with Gasteiger partial charge in [0.2, 0.25) is 0 Å². The lowest BCUT2D eigenvalue weighted by Gasteiger charge is -2.12. The van der Waals surface area contributed by atoms with Crippen molar-refractivity contribution in [2.24, 2.45) is 0 Å². The number of benzene rings is 1. The van der Waals surface area contributed by atoms with Crippen LogP contribution in [0, 0.1) is 0 Å². The first-order valence-corrected chi connectivity index (χ1v) is 8.21. The molecule has 1 aromatic rings. The number of unbranched alkanes of at least 4 members (excludes halogenated alkanes) is 2. The molecule has 16 heavy (non-hydrogen) atoms. The molecule has 0 heterocycles. The van der Waals surface area contributed by atoms with Crippen molar-refractivity contribution in [3.8, 4) is 5.75 Å². The second-order valence-corrected chi connectivity index (χ2v) is 6.65. The van der Waals surface area contributed by atoms with Crippen LogP contribution in [0.1, 0.15) is 26.2 Å². The number of hydrogen-bond acceptors (Lipinski definition) is 1. The largest absolute Gasteiger partial charge is 0.491 e.